The highest BCUT2D eigenvalue weighted by Gasteiger charge is 2.44. The first kappa shape index (κ1) is 16.0. The molecule has 1 aliphatic rings. The van der Waals surface area contributed by atoms with E-state index < -0.39 is 12.1 Å². The number of rotatable bonds is 3. The van der Waals surface area contributed by atoms with Crippen LogP contribution in [0.1, 0.15) is 36.6 Å². The number of fused-ring (bicyclic) bond motifs is 1. The average Bonchev–Trinajstić information content (AvgIpc) is 2.56. The van der Waals surface area contributed by atoms with Gasteiger partial charge in [-0.3, -0.25) is 9.59 Å². The van der Waals surface area contributed by atoms with Crippen LogP contribution in [0.5, 0.6) is 0 Å². The molecule has 0 radical (unpaired) electrons. The molecule has 0 saturated carbocycles. The maximum absolute atomic E-state index is 12.4. The van der Waals surface area contributed by atoms with Crippen molar-refractivity contribution in [1.82, 2.24) is 4.57 Å². The first-order valence-electron chi connectivity index (χ1n) is 7.77. The molecule has 0 amide bonds. The van der Waals surface area contributed by atoms with Crippen LogP contribution in [-0.4, -0.2) is 17.1 Å². The summed E-state index contributed by atoms with van der Waals surface area (Å²) in [7, 11) is 0. The lowest BCUT2D eigenvalue weighted by Gasteiger charge is -2.44. The van der Waals surface area contributed by atoms with Crippen LogP contribution in [0.25, 0.3) is 0 Å². The molecule has 0 aliphatic heterocycles. The monoisotopic (exact) mass is 322 g/mol. The first-order chi connectivity index (χ1) is 11.5. The summed E-state index contributed by atoms with van der Waals surface area (Å²) in [6, 6.07) is 12.1. The molecule has 24 heavy (non-hydrogen) atoms. The number of carbonyl (C=O) groups is 1. The van der Waals surface area contributed by atoms with Crippen LogP contribution >= 0.6 is 0 Å². The summed E-state index contributed by atoms with van der Waals surface area (Å²) in [6.07, 6.45) is 1.89. The second-order valence-electron chi connectivity index (χ2n) is 6.73. The Labute approximate surface area is 140 Å². The largest absolute Gasteiger partial charge is 0.461 e. The average molecular weight is 322 g/mol. The minimum absolute atomic E-state index is 0.173. The molecule has 1 aliphatic carbocycles. The molecule has 0 saturated heterocycles. The fourth-order valence-electron chi connectivity index (χ4n) is 3.57. The minimum atomic E-state index is -0.503. The zero-order valence-electron chi connectivity index (χ0n) is 13.6. The molecule has 2 unspecified atom stereocenters. The van der Waals surface area contributed by atoms with E-state index in [-0.39, 0.29) is 11.0 Å². The van der Waals surface area contributed by atoms with Gasteiger partial charge in [-0.25, -0.2) is 0 Å². The van der Waals surface area contributed by atoms with Gasteiger partial charge in [0.15, 0.2) is 0 Å². The number of hydrogen-bond donors (Lipinski definition) is 0. The zero-order chi connectivity index (χ0) is 17.3. The van der Waals surface area contributed by atoms with Gasteiger partial charge < -0.3 is 9.30 Å². The van der Waals surface area contributed by atoms with Crippen molar-refractivity contribution in [2.24, 2.45) is 5.41 Å². The standard InChI is InChI=1S/C19H18N2O3/c1-19(2)10-14-7-6-13(11-20)9-15(14)17(18(19)24-12-22)21-8-4-3-5-16(21)23/h3-9,12,17-18H,10H2,1-2H3. The zero-order valence-corrected chi connectivity index (χ0v) is 13.6. The van der Waals surface area contributed by atoms with E-state index in [0.29, 0.717) is 18.5 Å². The van der Waals surface area contributed by atoms with Crippen LogP contribution in [0.4, 0.5) is 0 Å². The van der Waals surface area contributed by atoms with Gasteiger partial charge in [-0.2, -0.15) is 5.26 Å². The molecular formula is C19H18N2O3. The number of nitrogens with zero attached hydrogens (tertiary/aromatic N) is 2. The Hall–Kier alpha value is -2.87. The number of nitriles is 1. The predicted octanol–water partition coefficient (Wildman–Crippen LogP) is 2.43. The lowest BCUT2D eigenvalue weighted by atomic mass is 9.69. The van der Waals surface area contributed by atoms with Crippen molar-refractivity contribution in [1.29, 1.82) is 5.26 Å². The number of hydrogen-bond acceptors (Lipinski definition) is 4. The Morgan fingerprint density at radius 1 is 1.33 bits per heavy atom. The topological polar surface area (TPSA) is 72.1 Å². The maximum atomic E-state index is 12.4. The van der Waals surface area contributed by atoms with Crippen molar-refractivity contribution >= 4 is 6.47 Å². The fourth-order valence-corrected chi connectivity index (χ4v) is 3.57. The lowest BCUT2D eigenvalue weighted by Crippen LogP contribution is -2.47. The summed E-state index contributed by atoms with van der Waals surface area (Å²) in [5.74, 6) is 0. The summed E-state index contributed by atoms with van der Waals surface area (Å²) >= 11 is 0. The summed E-state index contributed by atoms with van der Waals surface area (Å²) < 4.78 is 7.01. The molecular weight excluding hydrogens is 304 g/mol. The van der Waals surface area contributed by atoms with E-state index >= 15 is 0 Å². The van der Waals surface area contributed by atoms with E-state index in [0.717, 1.165) is 11.1 Å². The molecule has 1 aromatic carbocycles. The molecule has 1 heterocycles. The maximum Gasteiger partial charge on any atom is 0.293 e. The molecule has 5 nitrogen and oxygen atoms in total. The van der Waals surface area contributed by atoms with Crippen molar-refractivity contribution in [3.8, 4) is 6.07 Å². The van der Waals surface area contributed by atoms with E-state index in [1.807, 2.05) is 19.9 Å². The fraction of sp³-hybridized carbons (Fsp3) is 0.316. The second-order valence-corrected chi connectivity index (χ2v) is 6.73. The molecule has 122 valence electrons. The van der Waals surface area contributed by atoms with Crippen molar-refractivity contribution < 1.29 is 9.53 Å². The molecule has 0 N–H and O–H groups in total. The Morgan fingerprint density at radius 3 is 2.79 bits per heavy atom. The van der Waals surface area contributed by atoms with Gasteiger partial charge in [-0.1, -0.05) is 26.0 Å². The highest BCUT2D eigenvalue weighted by Crippen LogP contribution is 2.44. The van der Waals surface area contributed by atoms with E-state index in [1.165, 1.54) is 6.07 Å². The van der Waals surface area contributed by atoms with Crippen LogP contribution < -0.4 is 5.56 Å². The summed E-state index contributed by atoms with van der Waals surface area (Å²) in [6.45, 7) is 4.47. The number of benzene rings is 1. The van der Waals surface area contributed by atoms with Gasteiger partial charge in [0, 0.05) is 17.7 Å². The summed E-state index contributed by atoms with van der Waals surface area (Å²) in [5.41, 5.74) is 1.92. The van der Waals surface area contributed by atoms with Crippen LogP contribution in [0.2, 0.25) is 0 Å². The van der Waals surface area contributed by atoms with Crippen molar-refractivity contribution in [3.63, 3.8) is 0 Å². The van der Waals surface area contributed by atoms with Gasteiger partial charge in [-0.05, 0) is 35.7 Å². The van der Waals surface area contributed by atoms with Crippen LogP contribution in [-0.2, 0) is 16.0 Å². The molecule has 2 aromatic rings. The van der Waals surface area contributed by atoms with Crippen molar-refractivity contribution in [2.45, 2.75) is 32.4 Å². The summed E-state index contributed by atoms with van der Waals surface area (Å²) in [4.78, 5) is 23.5. The van der Waals surface area contributed by atoms with Crippen LogP contribution in [0.15, 0.2) is 47.4 Å². The Bertz CT molecular complexity index is 877. The Morgan fingerprint density at radius 2 is 2.12 bits per heavy atom. The van der Waals surface area contributed by atoms with Crippen LogP contribution in [0, 0.1) is 16.7 Å². The van der Waals surface area contributed by atoms with Crippen molar-refractivity contribution in [2.75, 3.05) is 0 Å². The van der Waals surface area contributed by atoms with Crippen molar-refractivity contribution in [3.05, 3.63) is 69.6 Å². The number of pyridine rings is 1. The number of aromatic nitrogens is 1. The van der Waals surface area contributed by atoms with E-state index in [9.17, 15) is 14.9 Å². The Kier molecular flexibility index (Phi) is 3.98. The Balaban J connectivity index is 2.28. The molecule has 0 fully saturated rings. The quantitative estimate of drug-likeness (QED) is 0.814. The van der Waals surface area contributed by atoms with Gasteiger partial charge in [0.1, 0.15) is 6.10 Å². The predicted molar refractivity (Wildman–Crippen MR) is 88.4 cm³/mol. The van der Waals surface area contributed by atoms with Gasteiger partial charge in [0.25, 0.3) is 12.0 Å². The van der Waals surface area contributed by atoms with Gasteiger partial charge in [-0.15, -0.1) is 0 Å². The normalized spacial score (nSPS) is 21.4. The van der Waals surface area contributed by atoms with Gasteiger partial charge in [0.05, 0.1) is 17.7 Å². The minimum Gasteiger partial charge on any atom is -0.461 e. The SMILES string of the molecule is CC1(C)Cc2ccc(C#N)cc2C(n2ccccc2=O)C1OC=O. The van der Waals surface area contributed by atoms with E-state index in [1.54, 1.807) is 35.0 Å². The summed E-state index contributed by atoms with van der Waals surface area (Å²) in [5, 5.41) is 9.22. The number of ether oxygens (including phenoxy) is 1. The molecule has 0 spiro atoms. The second kappa shape index (κ2) is 5.97. The van der Waals surface area contributed by atoms with Gasteiger partial charge in [0.2, 0.25) is 0 Å². The van der Waals surface area contributed by atoms with Gasteiger partial charge >= 0.3 is 0 Å². The lowest BCUT2D eigenvalue weighted by molar-refractivity contribution is -0.143. The van der Waals surface area contributed by atoms with E-state index in [4.69, 9.17) is 4.74 Å². The molecule has 3 rings (SSSR count). The molecule has 0 bridgehead atoms. The highest BCUT2D eigenvalue weighted by atomic mass is 16.5. The van der Waals surface area contributed by atoms with E-state index in [2.05, 4.69) is 6.07 Å². The first-order valence-corrected chi connectivity index (χ1v) is 7.77. The number of carbonyl (C=O) groups excluding carboxylic acids is 1. The smallest absolute Gasteiger partial charge is 0.293 e. The molecule has 1 aromatic heterocycles. The third-order valence-electron chi connectivity index (χ3n) is 4.65. The molecule has 2 atom stereocenters. The van der Waals surface area contributed by atoms with Crippen LogP contribution in [0.3, 0.4) is 0 Å². The molecule has 5 heteroatoms. The third kappa shape index (κ3) is 2.61. The highest BCUT2D eigenvalue weighted by molar-refractivity contribution is 5.45. The third-order valence-corrected chi connectivity index (χ3v) is 4.65.